The van der Waals surface area contributed by atoms with Crippen LogP contribution in [-0.4, -0.2) is 48.4 Å². The minimum atomic E-state index is -0.318. The van der Waals surface area contributed by atoms with E-state index in [1.54, 1.807) is 4.90 Å². The van der Waals surface area contributed by atoms with E-state index in [0.717, 1.165) is 49.1 Å². The number of piperidine rings is 1. The van der Waals surface area contributed by atoms with Crippen molar-refractivity contribution in [1.29, 1.82) is 0 Å². The van der Waals surface area contributed by atoms with Crippen molar-refractivity contribution in [2.45, 2.75) is 69.4 Å². The minimum Gasteiger partial charge on any atom is -0.453 e. The second-order valence-electron chi connectivity index (χ2n) is 8.68. The van der Waals surface area contributed by atoms with E-state index in [0.29, 0.717) is 19.1 Å². The summed E-state index contributed by atoms with van der Waals surface area (Å²) in [7, 11) is 1.42. The first-order valence-corrected chi connectivity index (χ1v) is 12.1. The van der Waals surface area contributed by atoms with E-state index in [1.807, 2.05) is 6.92 Å². The highest BCUT2D eigenvalue weighted by atomic mass is 32.1. The molecular weight excluding hydrogens is 412 g/mol. The van der Waals surface area contributed by atoms with Crippen LogP contribution in [0.1, 0.15) is 66.5 Å². The normalized spacial score (nSPS) is 26.6. The second kappa shape index (κ2) is 10.0. The van der Waals surface area contributed by atoms with Crippen molar-refractivity contribution in [2.24, 2.45) is 0 Å². The average Bonchev–Trinajstić information content (AvgIpc) is 3.15. The van der Waals surface area contributed by atoms with E-state index in [9.17, 15) is 9.59 Å². The van der Waals surface area contributed by atoms with Crippen molar-refractivity contribution in [2.75, 3.05) is 20.3 Å². The Labute approximate surface area is 187 Å². The standard InChI is InChI=1S/C24H32N2O4S/c1-16-22(25-23(27)31-16)20-9-6-14-26(24(28)29-2)21(20)15-30-19-12-10-18(11-13-19)17-7-4-3-5-8-17/h3-5,7-8,18-21H,6,9-15H2,1-2H3,(H,25,27). The largest absolute Gasteiger partial charge is 0.453 e. The molecule has 1 saturated carbocycles. The number of carbonyl (C=O) groups excluding carboxylic acids is 1. The molecule has 2 fully saturated rings. The Morgan fingerprint density at radius 3 is 2.55 bits per heavy atom. The predicted octanol–water partition coefficient (Wildman–Crippen LogP) is 4.80. The number of amides is 1. The third-order valence-electron chi connectivity index (χ3n) is 6.87. The molecule has 2 heterocycles. The molecule has 168 valence electrons. The molecule has 2 aliphatic rings. The highest BCUT2D eigenvalue weighted by molar-refractivity contribution is 7.09. The summed E-state index contributed by atoms with van der Waals surface area (Å²) in [5.41, 5.74) is 2.37. The first-order chi connectivity index (χ1) is 15.1. The molecule has 0 radical (unpaired) electrons. The van der Waals surface area contributed by atoms with Gasteiger partial charge in [-0.2, -0.15) is 0 Å². The number of nitrogens with zero attached hydrogens (tertiary/aromatic N) is 1. The highest BCUT2D eigenvalue weighted by Gasteiger charge is 2.38. The number of likely N-dealkylation sites (tertiary alicyclic amines) is 1. The van der Waals surface area contributed by atoms with Crippen LogP contribution in [0, 0.1) is 6.92 Å². The van der Waals surface area contributed by atoms with E-state index >= 15 is 0 Å². The van der Waals surface area contributed by atoms with Crippen molar-refractivity contribution in [3.63, 3.8) is 0 Å². The number of ether oxygens (including phenoxy) is 2. The van der Waals surface area contributed by atoms with Crippen LogP contribution in [0.15, 0.2) is 35.1 Å². The molecule has 1 N–H and O–H groups in total. The quantitative estimate of drug-likeness (QED) is 0.719. The van der Waals surface area contributed by atoms with Gasteiger partial charge in [0, 0.05) is 23.0 Å². The predicted molar refractivity (Wildman–Crippen MR) is 122 cm³/mol. The molecule has 31 heavy (non-hydrogen) atoms. The molecule has 1 amide bonds. The zero-order chi connectivity index (χ0) is 21.8. The smallest absolute Gasteiger partial charge is 0.409 e. The molecule has 1 aliphatic heterocycles. The van der Waals surface area contributed by atoms with Crippen molar-refractivity contribution in [3.05, 3.63) is 56.1 Å². The fraction of sp³-hybridized carbons (Fsp3) is 0.583. The number of hydrogen-bond donors (Lipinski definition) is 1. The summed E-state index contributed by atoms with van der Waals surface area (Å²) in [5, 5.41) is 0. The number of thiazole rings is 1. The molecule has 4 rings (SSSR count). The average molecular weight is 445 g/mol. The van der Waals surface area contributed by atoms with Gasteiger partial charge in [-0.3, -0.25) is 4.79 Å². The summed E-state index contributed by atoms with van der Waals surface area (Å²) in [6, 6.07) is 10.6. The van der Waals surface area contributed by atoms with Gasteiger partial charge in [0.2, 0.25) is 0 Å². The maximum atomic E-state index is 12.5. The number of hydrogen-bond acceptors (Lipinski definition) is 5. The molecule has 1 aliphatic carbocycles. The third kappa shape index (κ3) is 5.04. The van der Waals surface area contributed by atoms with Crippen LogP contribution in [0.4, 0.5) is 4.79 Å². The molecule has 1 aromatic carbocycles. The molecule has 1 saturated heterocycles. The van der Waals surface area contributed by atoms with Gasteiger partial charge in [0.15, 0.2) is 0 Å². The van der Waals surface area contributed by atoms with Gasteiger partial charge in [0.05, 0.1) is 25.9 Å². The van der Waals surface area contributed by atoms with E-state index in [4.69, 9.17) is 9.47 Å². The van der Waals surface area contributed by atoms with Gasteiger partial charge < -0.3 is 19.4 Å². The van der Waals surface area contributed by atoms with E-state index in [-0.39, 0.29) is 29.0 Å². The first-order valence-electron chi connectivity index (χ1n) is 11.3. The summed E-state index contributed by atoms with van der Waals surface area (Å²) in [6.45, 7) is 3.10. The van der Waals surface area contributed by atoms with E-state index < -0.39 is 0 Å². The molecule has 2 atom stereocenters. The monoisotopic (exact) mass is 444 g/mol. The molecule has 1 aromatic heterocycles. The molecule has 2 unspecified atom stereocenters. The number of carbonyl (C=O) groups is 1. The Morgan fingerprint density at radius 2 is 1.90 bits per heavy atom. The van der Waals surface area contributed by atoms with Crippen LogP contribution in [0.25, 0.3) is 0 Å². The lowest BCUT2D eigenvalue weighted by Crippen LogP contribution is -2.50. The Morgan fingerprint density at radius 1 is 1.16 bits per heavy atom. The summed E-state index contributed by atoms with van der Waals surface area (Å²) >= 11 is 1.24. The van der Waals surface area contributed by atoms with E-state index in [2.05, 4.69) is 35.3 Å². The van der Waals surface area contributed by atoms with Gasteiger partial charge in [0.25, 0.3) is 0 Å². The maximum Gasteiger partial charge on any atom is 0.409 e. The van der Waals surface area contributed by atoms with Gasteiger partial charge in [-0.05, 0) is 56.9 Å². The van der Waals surface area contributed by atoms with Crippen molar-refractivity contribution >= 4 is 17.4 Å². The molecule has 2 aromatic rings. The number of nitrogens with one attached hydrogen (secondary N) is 1. The fourth-order valence-corrected chi connectivity index (χ4v) is 5.99. The fourth-order valence-electron chi connectivity index (χ4n) is 5.24. The third-order valence-corrected chi connectivity index (χ3v) is 7.68. The van der Waals surface area contributed by atoms with Crippen LogP contribution in [0.5, 0.6) is 0 Å². The molecule has 6 nitrogen and oxygen atoms in total. The first kappa shape index (κ1) is 22.1. The Hall–Kier alpha value is -2.12. The number of methoxy groups -OCH3 is 1. The number of aryl methyl sites for hydroxylation is 1. The lowest BCUT2D eigenvalue weighted by molar-refractivity contribution is -0.0242. The molecule has 7 heteroatoms. The lowest BCUT2D eigenvalue weighted by Gasteiger charge is -2.41. The van der Waals surface area contributed by atoms with Crippen molar-refractivity contribution in [1.82, 2.24) is 9.88 Å². The number of benzene rings is 1. The maximum absolute atomic E-state index is 12.5. The van der Waals surface area contributed by atoms with Crippen LogP contribution >= 0.6 is 11.3 Å². The lowest BCUT2D eigenvalue weighted by atomic mass is 9.82. The SMILES string of the molecule is COC(=O)N1CCCC(c2[nH]c(=O)sc2C)C1COC1CCC(c2ccccc2)CC1. The minimum absolute atomic E-state index is 0.0402. The van der Waals surface area contributed by atoms with Gasteiger partial charge in [-0.1, -0.05) is 41.7 Å². The summed E-state index contributed by atoms with van der Waals surface area (Å²) in [6.07, 6.45) is 6.02. The van der Waals surface area contributed by atoms with Crippen LogP contribution in [0.3, 0.4) is 0 Å². The van der Waals surface area contributed by atoms with E-state index in [1.165, 1.54) is 24.0 Å². The van der Waals surface area contributed by atoms with Crippen LogP contribution in [0.2, 0.25) is 0 Å². The van der Waals surface area contributed by atoms with Gasteiger partial charge >= 0.3 is 11.0 Å². The molecule has 0 spiro atoms. The zero-order valence-corrected chi connectivity index (χ0v) is 19.2. The highest BCUT2D eigenvalue weighted by Crippen LogP contribution is 2.37. The Bertz CT molecular complexity index is 917. The van der Waals surface area contributed by atoms with Gasteiger partial charge in [0.1, 0.15) is 0 Å². The molecule has 0 bridgehead atoms. The van der Waals surface area contributed by atoms with Crippen molar-refractivity contribution in [3.8, 4) is 0 Å². The Kier molecular flexibility index (Phi) is 7.13. The zero-order valence-electron chi connectivity index (χ0n) is 18.3. The number of rotatable bonds is 5. The van der Waals surface area contributed by atoms with Crippen molar-refractivity contribution < 1.29 is 14.3 Å². The van der Waals surface area contributed by atoms with Gasteiger partial charge in [-0.25, -0.2) is 4.79 Å². The number of H-pyrrole nitrogens is 1. The van der Waals surface area contributed by atoms with Crippen LogP contribution < -0.4 is 4.87 Å². The summed E-state index contributed by atoms with van der Waals surface area (Å²) in [4.78, 5) is 30.1. The number of aromatic amines is 1. The Balaban J connectivity index is 1.42. The second-order valence-corrected chi connectivity index (χ2v) is 9.87. The summed E-state index contributed by atoms with van der Waals surface area (Å²) in [5.74, 6) is 0.668. The van der Waals surface area contributed by atoms with Gasteiger partial charge in [-0.15, -0.1) is 0 Å². The summed E-state index contributed by atoms with van der Waals surface area (Å²) < 4.78 is 11.4. The molecular formula is C24H32N2O4S. The topological polar surface area (TPSA) is 71.6 Å². The number of aromatic nitrogens is 1. The van der Waals surface area contributed by atoms with Crippen LogP contribution in [-0.2, 0) is 9.47 Å².